The van der Waals surface area contributed by atoms with Gasteiger partial charge in [-0.15, -0.1) is 0 Å². The van der Waals surface area contributed by atoms with Gasteiger partial charge >= 0.3 is 0 Å². The second kappa shape index (κ2) is 7.17. The van der Waals surface area contributed by atoms with Crippen molar-refractivity contribution in [3.05, 3.63) is 24.3 Å². The van der Waals surface area contributed by atoms with E-state index in [2.05, 4.69) is 27.9 Å². The third-order valence-electron chi connectivity index (χ3n) is 4.00. The average molecular weight is 292 g/mol. The highest BCUT2D eigenvalue weighted by Crippen LogP contribution is 2.28. The van der Waals surface area contributed by atoms with Gasteiger partial charge in [-0.3, -0.25) is 4.90 Å². The summed E-state index contributed by atoms with van der Waals surface area (Å²) in [5, 5.41) is 11.7. The summed E-state index contributed by atoms with van der Waals surface area (Å²) in [6, 6.07) is 8.38. The number of hydrogen-bond acceptors (Lipinski definition) is 5. The molecule has 21 heavy (non-hydrogen) atoms. The molecule has 0 amide bonds. The van der Waals surface area contributed by atoms with Crippen molar-refractivity contribution in [1.29, 1.82) is 0 Å². The molecule has 0 aliphatic carbocycles. The van der Waals surface area contributed by atoms with Crippen LogP contribution >= 0.6 is 0 Å². The van der Waals surface area contributed by atoms with E-state index in [-0.39, 0.29) is 11.9 Å². The summed E-state index contributed by atoms with van der Waals surface area (Å²) >= 11 is 0. The van der Waals surface area contributed by atoms with E-state index in [9.17, 15) is 0 Å². The van der Waals surface area contributed by atoms with Gasteiger partial charge in [-0.2, -0.15) is 0 Å². The molecule has 1 fully saturated rings. The van der Waals surface area contributed by atoms with Gasteiger partial charge in [-0.05, 0) is 19.1 Å². The number of para-hydroxylation sites is 2. The second-order valence-corrected chi connectivity index (χ2v) is 5.34. The highest BCUT2D eigenvalue weighted by molar-refractivity contribution is 5.80. The van der Waals surface area contributed by atoms with E-state index in [0.717, 1.165) is 37.6 Å². The van der Waals surface area contributed by atoms with E-state index in [4.69, 9.17) is 15.7 Å². The molecule has 1 heterocycles. The first-order valence-electron chi connectivity index (χ1n) is 7.24. The zero-order valence-electron chi connectivity index (χ0n) is 12.7. The van der Waals surface area contributed by atoms with Crippen LogP contribution in [0, 0.1) is 0 Å². The van der Waals surface area contributed by atoms with Gasteiger partial charge < -0.3 is 20.6 Å². The number of amidine groups is 1. The Hall–Kier alpha value is -1.95. The molecular weight excluding hydrogens is 268 g/mol. The Kier molecular flexibility index (Phi) is 5.27. The summed E-state index contributed by atoms with van der Waals surface area (Å²) in [6.07, 6.45) is 0.588. The Morgan fingerprint density at radius 1 is 1.33 bits per heavy atom. The Labute approximate surface area is 125 Å². The number of benzene rings is 1. The van der Waals surface area contributed by atoms with Gasteiger partial charge in [-0.1, -0.05) is 17.3 Å². The molecule has 2 rings (SSSR count). The lowest BCUT2D eigenvalue weighted by molar-refractivity contribution is 0.199. The van der Waals surface area contributed by atoms with Crippen LogP contribution in [0.25, 0.3) is 0 Å². The fraction of sp³-hybridized carbons (Fsp3) is 0.533. The molecule has 0 saturated carbocycles. The van der Waals surface area contributed by atoms with Gasteiger partial charge in [0.1, 0.15) is 11.6 Å². The van der Waals surface area contributed by atoms with E-state index < -0.39 is 0 Å². The van der Waals surface area contributed by atoms with E-state index in [0.29, 0.717) is 6.42 Å². The SMILES string of the molecule is COc1ccccc1N1CCN(C(C)CC(N)=NO)CC1. The first-order chi connectivity index (χ1) is 10.2. The summed E-state index contributed by atoms with van der Waals surface area (Å²) in [4.78, 5) is 4.70. The number of hydrogen-bond donors (Lipinski definition) is 2. The molecule has 1 saturated heterocycles. The molecule has 0 spiro atoms. The predicted octanol–water partition coefficient (Wildman–Crippen LogP) is 1.34. The number of piperazine rings is 1. The van der Waals surface area contributed by atoms with Crippen LogP contribution in [0.4, 0.5) is 5.69 Å². The van der Waals surface area contributed by atoms with Gasteiger partial charge in [0.05, 0.1) is 12.8 Å². The van der Waals surface area contributed by atoms with Crippen molar-refractivity contribution < 1.29 is 9.94 Å². The Morgan fingerprint density at radius 3 is 2.62 bits per heavy atom. The lowest BCUT2D eigenvalue weighted by Gasteiger charge is -2.39. The minimum absolute atomic E-state index is 0.278. The summed E-state index contributed by atoms with van der Waals surface area (Å²) in [6.45, 7) is 5.91. The van der Waals surface area contributed by atoms with Crippen LogP contribution in [0.1, 0.15) is 13.3 Å². The molecule has 0 bridgehead atoms. The molecule has 3 N–H and O–H groups in total. The number of anilines is 1. The van der Waals surface area contributed by atoms with Crippen LogP contribution in [0.5, 0.6) is 5.75 Å². The van der Waals surface area contributed by atoms with Crippen molar-refractivity contribution >= 4 is 11.5 Å². The minimum atomic E-state index is 0.278. The highest BCUT2D eigenvalue weighted by atomic mass is 16.5. The van der Waals surface area contributed by atoms with E-state index in [1.165, 1.54) is 0 Å². The lowest BCUT2D eigenvalue weighted by atomic mass is 10.1. The largest absolute Gasteiger partial charge is 0.495 e. The molecule has 1 atom stereocenters. The fourth-order valence-electron chi connectivity index (χ4n) is 2.77. The third kappa shape index (κ3) is 3.78. The van der Waals surface area contributed by atoms with Gasteiger partial charge in [0.2, 0.25) is 0 Å². The summed E-state index contributed by atoms with van der Waals surface area (Å²) < 4.78 is 5.42. The topological polar surface area (TPSA) is 74.3 Å². The van der Waals surface area contributed by atoms with Crippen LogP contribution in [0.2, 0.25) is 0 Å². The number of rotatable bonds is 5. The summed E-state index contributed by atoms with van der Waals surface area (Å²) in [5.74, 6) is 1.20. The van der Waals surface area contributed by atoms with Gasteiger partial charge in [0.15, 0.2) is 0 Å². The molecule has 1 unspecified atom stereocenters. The van der Waals surface area contributed by atoms with E-state index in [1.807, 2.05) is 18.2 Å². The summed E-state index contributed by atoms with van der Waals surface area (Å²) in [7, 11) is 1.70. The molecule has 0 aromatic heterocycles. The van der Waals surface area contributed by atoms with Gasteiger partial charge in [-0.25, -0.2) is 0 Å². The minimum Gasteiger partial charge on any atom is -0.495 e. The van der Waals surface area contributed by atoms with Crippen molar-refractivity contribution in [3.63, 3.8) is 0 Å². The first-order valence-corrected chi connectivity index (χ1v) is 7.24. The Balaban J connectivity index is 1.94. The normalized spacial score (nSPS) is 18.6. The molecule has 1 aliphatic heterocycles. The molecule has 1 aliphatic rings. The molecule has 116 valence electrons. The van der Waals surface area contributed by atoms with Crippen LogP contribution in [-0.4, -0.2) is 55.3 Å². The van der Waals surface area contributed by atoms with Crippen LogP contribution in [-0.2, 0) is 0 Å². The maximum atomic E-state index is 8.65. The molecule has 1 aromatic carbocycles. The van der Waals surface area contributed by atoms with E-state index in [1.54, 1.807) is 7.11 Å². The van der Waals surface area contributed by atoms with Crippen molar-refractivity contribution in [2.45, 2.75) is 19.4 Å². The maximum absolute atomic E-state index is 8.65. The van der Waals surface area contributed by atoms with Crippen LogP contribution < -0.4 is 15.4 Å². The standard InChI is InChI=1S/C15H24N4O2/c1-12(11-15(16)17-20)18-7-9-19(10-8-18)13-5-3-4-6-14(13)21-2/h3-6,12,20H,7-11H2,1-2H3,(H2,16,17). The lowest BCUT2D eigenvalue weighted by Crippen LogP contribution is -2.50. The number of ether oxygens (including phenoxy) is 1. The summed E-state index contributed by atoms with van der Waals surface area (Å²) in [5.41, 5.74) is 6.73. The maximum Gasteiger partial charge on any atom is 0.142 e. The van der Waals surface area contributed by atoms with Gasteiger partial charge in [0, 0.05) is 38.6 Å². The van der Waals surface area contributed by atoms with E-state index >= 15 is 0 Å². The molecule has 6 heteroatoms. The van der Waals surface area contributed by atoms with Crippen molar-refractivity contribution in [2.24, 2.45) is 10.9 Å². The molecular formula is C15H24N4O2. The zero-order valence-corrected chi connectivity index (χ0v) is 12.7. The smallest absolute Gasteiger partial charge is 0.142 e. The quantitative estimate of drug-likeness (QED) is 0.371. The molecule has 0 radical (unpaired) electrons. The second-order valence-electron chi connectivity index (χ2n) is 5.34. The number of methoxy groups -OCH3 is 1. The fourth-order valence-corrected chi connectivity index (χ4v) is 2.77. The number of nitrogens with two attached hydrogens (primary N) is 1. The zero-order chi connectivity index (χ0) is 15.2. The predicted molar refractivity (Wildman–Crippen MR) is 84.3 cm³/mol. The van der Waals surface area contributed by atoms with Gasteiger partial charge in [0.25, 0.3) is 0 Å². The van der Waals surface area contributed by atoms with Crippen molar-refractivity contribution in [2.75, 3.05) is 38.2 Å². The van der Waals surface area contributed by atoms with Crippen LogP contribution in [0.15, 0.2) is 29.4 Å². The Bertz CT molecular complexity index is 484. The molecule has 1 aromatic rings. The highest BCUT2D eigenvalue weighted by Gasteiger charge is 2.23. The van der Waals surface area contributed by atoms with Crippen LogP contribution in [0.3, 0.4) is 0 Å². The molecule has 6 nitrogen and oxygen atoms in total. The Morgan fingerprint density at radius 2 is 2.00 bits per heavy atom. The first kappa shape index (κ1) is 15.4. The average Bonchev–Trinajstić information content (AvgIpc) is 2.54. The number of nitrogens with zero attached hydrogens (tertiary/aromatic N) is 3. The van der Waals surface area contributed by atoms with Crippen molar-refractivity contribution in [3.8, 4) is 5.75 Å². The number of oxime groups is 1. The third-order valence-corrected chi connectivity index (χ3v) is 4.00. The van der Waals surface area contributed by atoms with Crippen molar-refractivity contribution in [1.82, 2.24) is 4.90 Å². The monoisotopic (exact) mass is 292 g/mol.